The van der Waals surface area contributed by atoms with Crippen molar-refractivity contribution in [2.45, 2.75) is 34.1 Å². The van der Waals surface area contributed by atoms with E-state index in [1.54, 1.807) is 34.8 Å². The van der Waals surface area contributed by atoms with Crippen molar-refractivity contribution < 1.29 is 28.5 Å². The highest BCUT2D eigenvalue weighted by Crippen LogP contribution is 2.45. The zero-order valence-corrected chi connectivity index (χ0v) is 26.1. The average Bonchev–Trinajstić information content (AvgIpc) is 3.71. The number of ether oxygens (including phenoxy) is 5. The van der Waals surface area contributed by atoms with Gasteiger partial charge in [0.25, 0.3) is 5.91 Å². The summed E-state index contributed by atoms with van der Waals surface area (Å²) in [6.45, 7) is 9.29. The highest BCUT2D eigenvalue weighted by atomic mass is 32.1. The van der Waals surface area contributed by atoms with Crippen LogP contribution in [0.3, 0.4) is 0 Å². The number of rotatable bonds is 11. The maximum Gasteiger partial charge on any atom is 0.256 e. The van der Waals surface area contributed by atoms with Crippen LogP contribution in [0, 0.1) is 6.92 Å². The lowest BCUT2D eigenvalue weighted by atomic mass is 10.1. The van der Waals surface area contributed by atoms with Gasteiger partial charge in [0.2, 0.25) is 12.5 Å². The molecule has 1 amide bonds. The summed E-state index contributed by atoms with van der Waals surface area (Å²) < 4.78 is 29.7. The molecular weight excluding hydrogens is 585 g/mol. The number of thiophene rings is 1. The molecule has 0 spiro atoms. The van der Waals surface area contributed by atoms with E-state index >= 15 is 0 Å². The van der Waals surface area contributed by atoms with Gasteiger partial charge < -0.3 is 29.0 Å². The Balaban J connectivity index is 1.40. The third-order valence-corrected chi connectivity index (χ3v) is 9.21. The predicted octanol–water partition coefficient (Wildman–Crippen LogP) is 8.10. The number of anilines is 1. The average molecular weight is 617 g/mol. The van der Waals surface area contributed by atoms with Crippen LogP contribution in [0.4, 0.5) is 5.00 Å². The monoisotopic (exact) mass is 616 g/mol. The second-order valence-corrected chi connectivity index (χ2v) is 11.9. The number of nitrogens with one attached hydrogen (secondary N) is 1. The van der Waals surface area contributed by atoms with E-state index in [1.807, 2.05) is 57.2 Å². The van der Waals surface area contributed by atoms with Crippen molar-refractivity contribution >= 4 is 43.8 Å². The second kappa shape index (κ2) is 12.5. The molecule has 222 valence electrons. The lowest BCUT2D eigenvalue weighted by molar-refractivity contribution is 0.102. The molecule has 0 bridgehead atoms. The summed E-state index contributed by atoms with van der Waals surface area (Å²) in [5, 5.41) is 4.80. The van der Waals surface area contributed by atoms with Gasteiger partial charge in [0.05, 0.1) is 30.0 Å². The highest BCUT2D eigenvalue weighted by molar-refractivity contribution is 7.23. The van der Waals surface area contributed by atoms with Gasteiger partial charge in [0.15, 0.2) is 23.0 Å². The molecular formula is C33H32N2O6S2. The SMILES string of the molecule is CCOc1cc(C(=O)Nc2sc(Cc3ccc4c(c3)OCO4)c(C)c2-c2nc3ccccc3s2)cc(OCC)c1OCC. The number of aromatic nitrogens is 1. The quantitative estimate of drug-likeness (QED) is 0.160. The summed E-state index contributed by atoms with van der Waals surface area (Å²) in [6, 6.07) is 17.5. The molecule has 0 saturated heterocycles. The van der Waals surface area contributed by atoms with E-state index in [1.165, 1.54) is 0 Å². The van der Waals surface area contributed by atoms with E-state index < -0.39 is 0 Å². The number of thiazole rings is 1. The van der Waals surface area contributed by atoms with Crippen LogP contribution in [0.15, 0.2) is 54.6 Å². The minimum Gasteiger partial charge on any atom is -0.490 e. The second-order valence-electron chi connectivity index (χ2n) is 9.76. The van der Waals surface area contributed by atoms with Gasteiger partial charge in [-0.1, -0.05) is 18.2 Å². The Morgan fingerprint density at radius 2 is 1.63 bits per heavy atom. The summed E-state index contributed by atoms with van der Waals surface area (Å²) in [6.07, 6.45) is 0.674. The number of fused-ring (bicyclic) bond motifs is 2. The molecule has 0 aliphatic carbocycles. The fraction of sp³-hybridized carbons (Fsp3) is 0.273. The lowest BCUT2D eigenvalue weighted by Crippen LogP contribution is -2.13. The van der Waals surface area contributed by atoms with Crippen molar-refractivity contribution in [2.24, 2.45) is 0 Å². The van der Waals surface area contributed by atoms with E-state index in [9.17, 15) is 4.79 Å². The molecule has 8 nitrogen and oxygen atoms in total. The molecule has 3 aromatic carbocycles. The van der Waals surface area contributed by atoms with Gasteiger partial charge >= 0.3 is 0 Å². The van der Waals surface area contributed by atoms with Crippen molar-refractivity contribution in [3.05, 3.63) is 76.2 Å². The Labute approximate surface area is 258 Å². The van der Waals surface area contributed by atoms with Crippen molar-refractivity contribution in [3.63, 3.8) is 0 Å². The first-order valence-corrected chi connectivity index (χ1v) is 15.9. The first-order valence-electron chi connectivity index (χ1n) is 14.2. The number of carbonyl (C=O) groups excluding carboxylic acids is 1. The third-order valence-electron chi connectivity index (χ3n) is 6.95. The number of para-hydroxylation sites is 1. The fourth-order valence-corrected chi connectivity index (χ4v) is 7.36. The number of amides is 1. The van der Waals surface area contributed by atoms with Gasteiger partial charge in [0.1, 0.15) is 10.0 Å². The number of hydrogen-bond acceptors (Lipinski definition) is 9. The van der Waals surface area contributed by atoms with Gasteiger partial charge in [-0.05, 0) is 75.2 Å². The maximum absolute atomic E-state index is 13.9. The van der Waals surface area contributed by atoms with Gasteiger partial charge in [-0.15, -0.1) is 22.7 Å². The van der Waals surface area contributed by atoms with Crippen molar-refractivity contribution in [1.29, 1.82) is 0 Å². The molecule has 2 aromatic heterocycles. The van der Waals surface area contributed by atoms with Gasteiger partial charge in [-0.25, -0.2) is 4.98 Å². The molecule has 0 fully saturated rings. The molecule has 0 radical (unpaired) electrons. The van der Waals surface area contributed by atoms with Crippen LogP contribution in [0.1, 0.15) is 47.1 Å². The van der Waals surface area contributed by atoms with E-state index in [-0.39, 0.29) is 12.7 Å². The summed E-state index contributed by atoms with van der Waals surface area (Å²) in [4.78, 5) is 19.9. The normalized spacial score (nSPS) is 12.0. The molecule has 0 atom stereocenters. The lowest BCUT2D eigenvalue weighted by Gasteiger charge is -2.17. The summed E-state index contributed by atoms with van der Waals surface area (Å²) in [5.74, 6) is 2.66. The molecule has 1 N–H and O–H groups in total. The molecule has 3 heterocycles. The van der Waals surface area contributed by atoms with Gasteiger partial charge in [-0.3, -0.25) is 4.79 Å². The Bertz CT molecular complexity index is 1730. The molecule has 5 aromatic rings. The van der Waals surface area contributed by atoms with Crippen molar-refractivity contribution in [2.75, 3.05) is 31.9 Å². The highest BCUT2D eigenvalue weighted by Gasteiger charge is 2.24. The minimum atomic E-state index is -0.275. The Kier molecular flexibility index (Phi) is 8.40. The maximum atomic E-state index is 13.9. The number of benzene rings is 3. The fourth-order valence-electron chi connectivity index (χ4n) is 4.99. The van der Waals surface area contributed by atoms with Crippen LogP contribution < -0.4 is 29.0 Å². The first-order chi connectivity index (χ1) is 21.0. The Hall–Kier alpha value is -4.28. The zero-order chi connectivity index (χ0) is 29.9. The summed E-state index contributed by atoms with van der Waals surface area (Å²) in [7, 11) is 0. The van der Waals surface area contributed by atoms with Gasteiger partial charge in [-0.2, -0.15) is 0 Å². The van der Waals surface area contributed by atoms with Crippen molar-refractivity contribution in [1.82, 2.24) is 4.98 Å². The summed E-state index contributed by atoms with van der Waals surface area (Å²) in [5.41, 5.74) is 4.44. The zero-order valence-electron chi connectivity index (χ0n) is 24.4. The first kappa shape index (κ1) is 28.8. The van der Waals surface area contributed by atoms with E-state index in [0.29, 0.717) is 49.1 Å². The van der Waals surface area contributed by atoms with E-state index in [4.69, 9.17) is 28.7 Å². The van der Waals surface area contributed by atoms with Gasteiger partial charge in [0, 0.05) is 22.4 Å². The minimum absolute atomic E-state index is 0.232. The van der Waals surface area contributed by atoms with Crippen LogP contribution in [-0.2, 0) is 6.42 Å². The smallest absolute Gasteiger partial charge is 0.256 e. The molecule has 0 saturated carbocycles. The van der Waals surface area contributed by atoms with Crippen LogP contribution in [0.2, 0.25) is 0 Å². The molecule has 10 heteroatoms. The molecule has 1 aliphatic rings. The molecule has 0 unspecified atom stereocenters. The number of hydrogen-bond donors (Lipinski definition) is 1. The topological polar surface area (TPSA) is 88.1 Å². The van der Waals surface area contributed by atoms with E-state index in [2.05, 4.69) is 18.3 Å². The number of carbonyl (C=O) groups is 1. The van der Waals surface area contributed by atoms with E-state index in [0.717, 1.165) is 53.3 Å². The van der Waals surface area contributed by atoms with Crippen LogP contribution in [0.25, 0.3) is 20.8 Å². The number of nitrogens with zero attached hydrogens (tertiary/aromatic N) is 1. The van der Waals surface area contributed by atoms with Crippen LogP contribution in [0.5, 0.6) is 28.7 Å². The Morgan fingerprint density at radius 1 is 0.907 bits per heavy atom. The third kappa shape index (κ3) is 5.85. The summed E-state index contributed by atoms with van der Waals surface area (Å²) >= 11 is 3.17. The predicted molar refractivity (Wildman–Crippen MR) is 171 cm³/mol. The van der Waals surface area contributed by atoms with Crippen molar-refractivity contribution in [3.8, 4) is 39.3 Å². The largest absolute Gasteiger partial charge is 0.490 e. The standard InChI is InChI=1S/C33H32N2O6S2/c1-5-37-25-16-21(17-26(38-6-2)30(25)39-7-3)31(36)35-33-29(32-34-22-10-8-9-11-27(22)42-32)19(4)28(43-33)15-20-12-13-23-24(14-20)41-18-40-23/h8-14,16-17H,5-7,15,18H2,1-4H3,(H,35,36). The molecule has 1 aliphatic heterocycles. The molecule has 6 rings (SSSR count). The van der Waals surface area contributed by atoms with Crippen LogP contribution in [-0.4, -0.2) is 37.5 Å². The Morgan fingerprint density at radius 3 is 2.35 bits per heavy atom. The van der Waals surface area contributed by atoms with Crippen LogP contribution >= 0.6 is 22.7 Å². The molecule has 43 heavy (non-hydrogen) atoms.